The Hall–Kier alpha value is -0.850. The van der Waals surface area contributed by atoms with Crippen molar-refractivity contribution in [3.05, 3.63) is 29.1 Å². The van der Waals surface area contributed by atoms with Gasteiger partial charge in [-0.25, -0.2) is 4.57 Å². The fourth-order valence-electron chi connectivity index (χ4n) is 3.01. The number of hydrogen-bond donors (Lipinski definition) is 0. The van der Waals surface area contributed by atoms with Gasteiger partial charge in [0, 0.05) is 18.6 Å². The molecule has 120 valence electrons. The summed E-state index contributed by atoms with van der Waals surface area (Å²) in [4.78, 5) is 0. The molecule has 0 fully saturated rings. The van der Waals surface area contributed by atoms with E-state index in [9.17, 15) is 0 Å². The molecule has 21 heavy (non-hydrogen) atoms. The number of nitrogens with zero attached hydrogens (tertiary/aromatic N) is 1. The summed E-state index contributed by atoms with van der Waals surface area (Å²) in [5.41, 5.74) is 4.43. The van der Waals surface area contributed by atoms with Crippen LogP contribution in [0.3, 0.4) is 0 Å². The minimum Gasteiger partial charge on any atom is -0.205 e. The number of aryl methyl sites for hydroxylation is 2. The fourth-order valence-corrected chi connectivity index (χ4v) is 3.01. The number of aromatic nitrogens is 1. The molecule has 0 N–H and O–H groups in total. The van der Waals surface area contributed by atoms with Crippen LogP contribution in [-0.2, 0) is 13.5 Å². The molecule has 0 unspecified atom stereocenters. The van der Waals surface area contributed by atoms with E-state index in [0.29, 0.717) is 0 Å². The van der Waals surface area contributed by atoms with Gasteiger partial charge in [0.2, 0.25) is 0 Å². The van der Waals surface area contributed by atoms with Crippen molar-refractivity contribution in [2.45, 2.75) is 91.4 Å². The predicted octanol–water partition coefficient (Wildman–Crippen LogP) is 5.59. The number of rotatable bonds is 11. The van der Waals surface area contributed by atoms with Crippen molar-refractivity contribution in [2.75, 3.05) is 0 Å². The van der Waals surface area contributed by atoms with Crippen molar-refractivity contribution in [1.82, 2.24) is 0 Å². The first-order valence-electron chi connectivity index (χ1n) is 9.11. The Balaban J connectivity index is 2.06. The van der Waals surface area contributed by atoms with Crippen molar-refractivity contribution < 1.29 is 4.57 Å². The molecule has 0 atom stereocenters. The molecule has 0 amide bonds. The van der Waals surface area contributed by atoms with Gasteiger partial charge in [-0.05, 0) is 25.3 Å². The van der Waals surface area contributed by atoms with Crippen molar-refractivity contribution in [2.24, 2.45) is 7.05 Å². The van der Waals surface area contributed by atoms with E-state index in [0.717, 1.165) is 0 Å². The zero-order valence-electron chi connectivity index (χ0n) is 14.9. The molecule has 1 nitrogen and oxygen atoms in total. The van der Waals surface area contributed by atoms with Gasteiger partial charge < -0.3 is 0 Å². The smallest absolute Gasteiger partial charge is 0.181 e. The molecule has 1 aromatic heterocycles. The summed E-state index contributed by atoms with van der Waals surface area (Å²) in [5.74, 6) is 0. The van der Waals surface area contributed by atoms with Crippen LogP contribution in [-0.4, -0.2) is 0 Å². The highest BCUT2D eigenvalue weighted by molar-refractivity contribution is 5.24. The number of pyridine rings is 1. The van der Waals surface area contributed by atoms with Crippen LogP contribution in [0.4, 0.5) is 0 Å². The molecule has 0 radical (unpaired) electrons. The topological polar surface area (TPSA) is 3.88 Å². The van der Waals surface area contributed by atoms with Crippen molar-refractivity contribution in [3.63, 3.8) is 0 Å². The Bertz CT molecular complexity index is 395. The van der Waals surface area contributed by atoms with Crippen LogP contribution >= 0.6 is 0 Å². The monoisotopic (exact) mass is 290 g/mol. The van der Waals surface area contributed by atoms with Gasteiger partial charge in [0.25, 0.3) is 0 Å². The summed E-state index contributed by atoms with van der Waals surface area (Å²) >= 11 is 0. The second kappa shape index (κ2) is 10.8. The summed E-state index contributed by atoms with van der Waals surface area (Å²) in [6, 6.07) is 2.30. The molecule has 0 bridgehead atoms. The second-order valence-electron chi connectivity index (χ2n) is 6.59. The molecule has 0 aliphatic carbocycles. The van der Waals surface area contributed by atoms with Gasteiger partial charge in [0.05, 0.1) is 0 Å². The first-order valence-corrected chi connectivity index (χ1v) is 9.11. The Morgan fingerprint density at radius 3 is 1.90 bits per heavy atom. The molecular weight excluding hydrogens is 254 g/mol. The Morgan fingerprint density at radius 1 is 0.810 bits per heavy atom. The van der Waals surface area contributed by atoms with E-state index < -0.39 is 0 Å². The zero-order valence-corrected chi connectivity index (χ0v) is 14.9. The lowest BCUT2D eigenvalue weighted by Crippen LogP contribution is -2.32. The Kier molecular flexibility index (Phi) is 9.37. The molecule has 1 rings (SSSR count). The van der Waals surface area contributed by atoms with Crippen LogP contribution in [0, 0.1) is 13.8 Å². The third-order valence-corrected chi connectivity index (χ3v) is 4.85. The molecule has 0 aliphatic heterocycles. The van der Waals surface area contributed by atoms with Crippen molar-refractivity contribution in [3.8, 4) is 0 Å². The minimum atomic E-state index is 1.25. The van der Waals surface area contributed by atoms with E-state index in [4.69, 9.17) is 0 Å². The number of hydrogen-bond acceptors (Lipinski definition) is 0. The van der Waals surface area contributed by atoms with E-state index in [1.807, 2.05) is 0 Å². The van der Waals surface area contributed by atoms with Gasteiger partial charge >= 0.3 is 0 Å². The van der Waals surface area contributed by atoms with Crippen LogP contribution in [0.25, 0.3) is 0 Å². The molecule has 1 heteroatoms. The average molecular weight is 291 g/mol. The van der Waals surface area contributed by atoms with Gasteiger partial charge in [-0.1, -0.05) is 64.7 Å². The number of unbranched alkanes of at least 4 members (excludes halogenated alkanes) is 9. The van der Waals surface area contributed by atoms with Gasteiger partial charge in [-0.3, -0.25) is 0 Å². The highest BCUT2D eigenvalue weighted by atomic mass is 14.9. The maximum absolute atomic E-state index is 2.30. The third kappa shape index (κ3) is 7.11. The average Bonchev–Trinajstić information content (AvgIpc) is 2.49. The standard InChI is InChI=1S/C20H36N/c1-5-6-7-8-9-10-11-12-13-14-15-20-16-17-21(4)19(3)18(20)2/h16-17H,5-15H2,1-4H3/q+1. The fraction of sp³-hybridized carbons (Fsp3) is 0.750. The first kappa shape index (κ1) is 18.2. The van der Waals surface area contributed by atoms with E-state index in [-0.39, 0.29) is 0 Å². The molecule has 1 aromatic rings. The molecule has 0 spiro atoms. The second-order valence-corrected chi connectivity index (χ2v) is 6.59. The van der Waals surface area contributed by atoms with Crippen LogP contribution in [0.2, 0.25) is 0 Å². The Labute approximate surface area is 132 Å². The maximum Gasteiger partial charge on any atom is 0.181 e. The molecule has 1 heterocycles. The zero-order chi connectivity index (χ0) is 15.5. The molecule has 0 saturated heterocycles. The minimum absolute atomic E-state index is 1.25. The van der Waals surface area contributed by atoms with Gasteiger partial charge in [-0.2, -0.15) is 0 Å². The summed E-state index contributed by atoms with van der Waals surface area (Å²) in [5, 5.41) is 0. The van der Waals surface area contributed by atoms with Gasteiger partial charge in [0.15, 0.2) is 11.9 Å². The van der Waals surface area contributed by atoms with E-state index >= 15 is 0 Å². The largest absolute Gasteiger partial charge is 0.205 e. The lowest BCUT2D eigenvalue weighted by Gasteiger charge is -2.07. The maximum atomic E-state index is 2.30. The molecule has 0 aromatic carbocycles. The first-order chi connectivity index (χ1) is 10.2. The lowest BCUT2D eigenvalue weighted by atomic mass is 10.0. The van der Waals surface area contributed by atoms with Crippen LogP contribution in [0.1, 0.15) is 88.0 Å². The summed E-state index contributed by atoms with van der Waals surface area (Å²) < 4.78 is 2.22. The highest BCUT2D eigenvalue weighted by Gasteiger charge is 2.08. The highest BCUT2D eigenvalue weighted by Crippen LogP contribution is 2.15. The molecule has 0 saturated carbocycles. The SMILES string of the molecule is CCCCCCCCCCCCc1cc[n+](C)c(C)c1C. The van der Waals surface area contributed by atoms with E-state index in [2.05, 4.69) is 44.6 Å². The summed E-state index contributed by atoms with van der Waals surface area (Å²) in [6.07, 6.45) is 17.6. The summed E-state index contributed by atoms with van der Waals surface area (Å²) in [7, 11) is 2.13. The third-order valence-electron chi connectivity index (χ3n) is 4.85. The normalized spacial score (nSPS) is 11.0. The molecule has 0 aliphatic rings. The Morgan fingerprint density at radius 2 is 1.33 bits per heavy atom. The van der Waals surface area contributed by atoms with Crippen LogP contribution < -0.4 is 4.57 Å². The van der Waals surface area contributed by atoms with Crippen LogP contribution in [0.5, 0.6) is 0 Å². The quantitative estimate of drug-likeness (QED) is 0.369. The molecular formula is C20H36N+. The predicted molar refractivity (Wildman–Crippen MR) is 92.6 cm³/mol. The van der Waals surface area contributed by atoms with E-state index in [1.165, 1.54) is 81.9 Å². The van der Waals surface area contributed by atoms with Crippen molar-refractivity contribution >= 4 is 0 Å². The van der Waals surface area contributed by atoms with Crippen LogP contribution in [0.15, 0.2) is 12.3 Å². The lowest BCUT2D eigenvalue weighted by molar-refractivity contribution is -0.678. The van der Waals surface area contributed by atoms with E-state index in [1.54, 1.807) is 5.56 Å². The summed E-state index contributed by atoms with van der Waals surface area (Å²) in [6.45, 7) is 6.77. The van der Waals surface area contributed by atoms with Gasteiger partial charge in [-0.15, -0.1) is 0 Å². The van der Waals surface area contributed by atoms with Gasteiger partial charge in [0.1, 0.15) is 7.05 Å². The van der Waals surface area contributed by atoms with Crippen molar-refractivity contribution in [1.29, 1.82) is 0 Å².